The first kappa shape index (κ1) is 33.2. The third-order valence-corrected chi connectivity index (χ3v) is 8.73. The summed E-state index contributed by atoms with van der Waals surface area (Å²) in [4.78, 5) is 28.9. The summed E-state index contributed by atoms with van der Waals surface area (Å²) in [7, 11) is -4.26. The summed E-state index contributed by atoms with van der Waals surface area (Å²) in [5.74, 6) is -0.353. The van der Waals surface area contributed by atoms with Crippen molar-refractivity contribution < 1.29 is 22.7 Å². The highest BCUT2D eigenvalue weighted by atomic mass is 35.5. The molecule has 1 N–H and O–H groups in total. The van der Waals surface area contributed by atoms with Gasteiger partial charge in [0.05, 0.1) is 17.2 Å². The van der Waals surface area contributed by atoms with Crippen LogP contribution < -0.4 is 14.4 Å². The number of anilines is 1. The predicted octanol–water partition coefficient (Wildman–Crippen LogP) is 6.17. The van der Waals surface area contributed by atoms with Crippen molar-refractivity contribution in [2.24, 2.45) is 5.92 Å². The fourth-order valence-corrected chi connectivity index (χ4v) is 5.99. The first-order chi connectivity index (χ1) is 20.0. The second-order valence-electron chi connectivity index (χ2n) is 10.1. The molecule has 0 aliphatic rings. The smallest absolute Gasteiger partial charge is 0.264 e. The molecule has 0 spiro atoms. The zero-order valence-electron chi connectivity index (χ0n) is 24.2. The number of carbonyl (C=O) groups excluding carboxylic acids is 2. The molecule has 1 atom stereocenters. The quantitative estimate of drug-likeness (QED) is 0.229. The van der Waals surface area contributed by atoms with Crippen LogP contribution in [0.25, 0.3) is 0 Å². The van der Waals surface area contributed by atoms with Crippen LogP contribution in [0.5, 0.6) is 5.75 Å². The number of benzene rings is 3. The summed E-state index contributed by atoms with van der Waals surface area (Å²) in [6.45, 7) is 7.79. The third-order valence-electron chi connectivity index (χ3n) is 6.45. The van der Waals surface area contributed by atoms with Crippen LogP contribution in [0, 0.1) is 5.92 Å². The summed E-state index contributed by atoms with van der Waals surface area (Å²) in [6, 6.07) is 18.5. The third kappa shape index (κ3) is 8.63. The normalized spacial score (nSPS) is 12.1. The van der Waals surface area contributed by atoms with Crippen LogP contribution in [0.4, 0.5) is 5.69 Å². The number of halogens is 2. The van der Waals surface area contributed by atoms with Crippen molar-refractivity contribution in [3.05, 3.63) is 88.4 Å². The average Bonchev–Trinajstić information content (AvgIpc) is 2.96. The Balaban J connectivity index is 2.09. The first-order valence-corrected chi connectivity index (χ1v) is 16.0. The van der Waals surface area contributed by atoms with Crippen LogP contribution in [0.15, 0.2) is 77.7 Å². The minimum Gasteiger partial charge on any atom is -0.492 e. The number of amides is 2. The minimum absolute atomic E-state index is 0.0445. The number of ether oxygens (including phenoxy) is 1. The van der Waals surface area contributed by atoms with Crippen molar-refractivity contribution in [2.45, 2.75) is 51.6 Å². The van der Waals surface area contributed by atoms with Crippen molar-refractivity contribution in [3.63, 3.8) is 0 Å². The Morgan fingerprint density at radius 1 is 0.905 bits per heavy atom. The van der Waals surface area contributed by atoms with Crippen molar-refractivity contribution in [1.29, 1.82) is 0 Å². The van der Waals surface area contributed by atoms with Gasteiger partial charge in [-0.1, -0.05) is 68.2 Å². The lowest BCUT2D eigenvalue weighted by Crippen LogP contribution is -2.52. The molecule has 8 nitrogen and oxygen atoms in total. The Morgan fingerprint density at radius 3 is 2.07 bits per heavy atom. The first-order valence-electron chi connectivity index (χ1n) is 13.8. The summed E-state index contributed by atoms with van der Waals surface area (Å²) < 4.78 is 34.9. The largest absolute Gasteiger partial charge is 0.492 e. The molecule has 0 radical (unpaired) electrons. The molecule has 42 heavy (non-hydrogen) atoms. The topological polar surface area (TPSA) is 96.0 Å². The van der Waals surface area contributed by atoms with E-state index in [0.29, 0.717) is 28.8 Å². The van der Waals surface area contributed by atoms with E-state index in [1.54, 1.807) is 55.5 Å². The average molecular weight is 635 g/mol. The molecule has 1 unspecified atom stereocenters. The van der Waals surface area contributed by atoms with E-state index in [9.17, 15) is 18.0 Å². The van der Waals surface area contributed by atoms with E-state index >= 15 is 0 Å². The van der Waals surface area contributed by atoms with Gasteiger partial charge in [0.25, 0.3) is 10.0 Å². The minimum atomic E-state index is -4.26. The maximum Gasteiger partial charge on any atom is 0.264 e. The lowest BCUT2D eigenvalue weighted by Gasteiger charge is -2.33. The van der Waals surface area contributed by atoms with Gasteiger partial charge in [-0.15, -0.1) is 0 Å². The Labute approximate surface area is 258 Å². The lowest BCUT2D eigenvalue weighted by atomic mass is 10.1. The molecular formula is C31H37Cl2N3O5S. The molecule has 3 aromatic carbocycles. The molecule has 0 aliphatic heterocycles. The molecule has 0 bridgehead atoms. The Hall–Kier alpha value is -3.27. The molecule has 0 aromatic heterocycles. The number of para-hydroxylation sites is 2. The molecule has 3 aromatic rings. The standard InChI is InChI=1S/C31H37Cl2N3O5S/c1-5-27(31(38)34-19-22(3)4)35(20-23-11-13-24(32)14-12-23)30(37)21-36(28-9-7-8-10-29(28)41-6-2)42(39,40)26-17-15-25(33)16-18-26/h7-18,22,27H,5-6,19-21H2,1-4H3,(H,34,38). The summed E-state index contributed by atoms with van der Waals surface area (Å²) in [6.07, 6.45) is 0.322. The monoisotopic (exact) mass is 633 g/mol. The predicted molar refractivity (Wildman–Crippen MR) is 168 cm³/mol. The van der Waals surface area contributed by atoms with Gasteiger partial charge in [0.15, 0.2) is 0 Å². The number of carbonyl (C=O) groups is 2. The van der Waals surface area contributed by atoms with Gasteiger partial charge in [-0.05, 0) is 73.4 Å². The summed E-state index contributed by atoms with van der Waals surface area (Å²) in [5, 5.41) is 3.82. The molecule has 0 aliphatic carbocycles. The van der Waals surface area contributed by atoms with Crippen molar-refractivity contribution in [2.75, 3.05) is 24.0 Å². The molecule has 0 fully saturated rings. The number of sulfonamides is 1. The second-order valence-corrected chi connectivity index (χ2v) is 12.8. The van der Waals surface area contributed by atoms with Gasteiger partial charge in [-0.25, -0.2) is 8.42 Å². The Kier molecular flexibility index (Phi) is 12.1. The van der Waals surface area contributed by atoms with E-state index in [1.807, 2.05) is 20.8 Å². The van der Waals surface area contributed by atoms with E-state index in [4.69, 9.17) is 27.9 Å². The van der Waals surface area contributed by atoms with Crippen LogP contribution in [0.2, 0.25) is 10.0 Å². The van der Waals surface area contributed by atoms with E-state index < -0.39 is 28.5 Å². The molecule has 11 heteroatoms. The van der Waals surface area contributed by atoms with Crippen LogP contribution >= 0.6 is 23.2 Å². The fourth-order valence-electron chi connectivity index (χ4n) is 4.32. The van der Waals surface area contributed by atoms with Gasteiger partial charge in [-0.2, -0.15) is 0 Å². The lowest BCUT2D eigenvalue weighted by molar-refractivity contribution is -0.140. The summed E-state index contributed by atoms with van der Waals surface area (Å²) >= 11 is 12.1. The van der Waals surface area contributed by atoms with Crippen molar-refractivity contribution in [3.8, 4) is 5.75 Å². The molecular weight excluding hydrogens is 597 g/mol. The van der Waals surface area contributed by atoms with Gasteiger partial charge in [0, 0.05) is 23.1 Å². The highest BCUT2D eigenvalue weighted by molar-refractivity contribution is 7.92. The van der Waals surface area contributed by atoms with Gasteiger partial charge in [-0.3, -0.25) is 13.9 Å². The highest BCUT2D eigenvalue weighted by Gasteiger charge is 2.34. The van der Waals surface area contributed by atoms with E-state index in [-0.39, 0.29) is 35.6 Å². The maximum atomic E-state index is 14.2. The van der Waals surface area contributed by atoms with Gasteiger partial charge < -0.3 is 15.0 Å². The Morgan fingerprint density at radius 2 is 1.50 bits per heavy atom. The summed E-state index contributed by atoms with van der Waals surface area (Å²) in [5.41, 5.74) is 0.941. The Bertz CT molecular complexity index is 1450. The van der Waals surface area contributed by atoms with E-state index in [2.05, 4.69) is 5.32 Å². The van der Waals surface area contributed by atoms with Crippen molar-refractivity contribution >= 4 is 50.7 Å². The SMILES string of the molecule is CCOc1ccccc1N(CC(=O)N(Cc1ccc(Cl)cc1)C(CC)C(=O)NCC(C)C)S(=O)(=O)c1ccc(Cl)cc1. The van der Waals surface area contributed by atoms with E-state index in [0.717, 1.165) is 9.87 Å². The zero-order valence-corrected chi connectivity index (χ0v) is 26.5. The van der Waals surface area contributed by atoms with Crippen LogP contribution in [0.3, 0.4) is 0 Å². The van der Waals surface area contributed by atoms with Crippen LogP contribution in [-0.2, 0) is 26.2 Å². The number of nitrogens with zero attached hydrogens (tertiary/aromatic N) is 2. The van der Waals surface area contributed by atoms with Gasteiger partial charge in [0.1, 0.15) is 18.3 Å². The molecule has 2 amide bonds. The molecule has 0 saturated carbocycles. The molecule has 0 heterocycles. The number of hydrogen-bond acceptors (Lipinski definition) is 5. The van der Waals surface area contributed by atoms with Gasteiger partial charge in [0.2, 0.25) is 11.8 Å². The molecule has 226 valence electrons. The van der Waals surface area contributed by atoms with E-state index in [1.165, 1.54) is 29.2 Å². The fraction of sp³-hybridized carbons (Fsp3) is 0.355. The second kappa shape index (κ2) is 15.3. The number of nitrogens with one attached hydrogen (secondary N) is 1. The van der Waals surface area contributed by atoms with Gasteiger partial charge >= 0.3 is 0 Å². The zero-order chi connectivity index (χ0) is 30.9. The maximum absolute atomic E-state index is 14.2. The number of hydrogen-bond donors (Lipinski definition) is 1. The van der Waals surface area contributed by atoms with Crippen LogP contribution in [0.1, 0.15) is 39.7 Å². The molecule has 0 saturated heterocycles. The van der Waals surface area contributed by atoms with Crippen LogP contribution in [-0.4, -0.2) is 50.9 Å². The highest BCUT2D eigenvalue weighted by Crippen LogP contribution is 2.33. The molecule has 3 rings (SSSR count). The number of rotatable bonds is 14. The van der Waals surface area contributed by atoms with Crippen molar-refractivity contribution in [1.82, 2.24) is 10.2 Å².